The van der Waals surface area contributed by atoms with E-state index in [1.165, 1.54) is 34.5 Å². The van der Waals surface area contributed by atoms with E-state index in [9.17, 15) is 19.1 Å². The van der Waals surface area contributed by atoms with E-state index in [0.29, 0.717) is 41.5 Å². The number of carboxylic acid groups (broad SMARTS) is 1. The van der Waals surface area contributed by atoms with Gasteiger partial charge in [0, 0.05) is 36.1 Å². The van der Waals surface area contributed by atoms with Crippen molar-refractivity contribution < 1.29 is 24.2 Å². The number of likely N-dealkylation sites (tertiary alicyclic amines) is 1. The fourth-order valence-corrected chi connectivity index (χ4v) is 5.81. The Bertz CT molecular complexity index is 1220. The van der Waals surface area contributed by atoms with Crippen molar-refractivity contribution in [1.82, 2.24) is 9.88 Å². The first-order valence-electron chi connectivity index (χ1n) is 11.2. The standard InChI is InChI=1S/C26H25FN2O4S2/c27-22-10-6-17(15-21(22)18-4-2-1-3-5-18)14-20(30)9-7-19-8-11-24(31)29(19)12-13-34-26-28-23(16-35-26)25(32)33/h1-7,9-10,15-16,19-20,30H,8,11-14H2,(H,32,33)/b9-7+/t19-,20+/m0/s1. The largest absolute Gasteiger partial charge is 0.476 e. The summed E-state index contributed by atoms with van der Waals surface area (Å²) in [6, 6.07) is 14.1. The van der Waals surface area contributed by atoms with Gasteiger partial charge in [-0.3, -0.25) is 4.79 Å². The molecule has 0 bridgehead atoms. The maximum atomic E-state index is 14.3. The van der Waals surface area contributed by atoms with Crippen LogP contribution >= 0.6 is 23.1 Å². The lowest BCUT2D eigenvalue weighted by Gasteiger charge is -2.22. The number of aromatic nitrogens is 1. The molecule has 4 rings (SSSR count). The number of benzene rings is 2. The number of aliphatic hydroxyl groups excluding tert-OH is 1. The summed E-state index contributed by atoms with van der Waals surface area (Å²) in [6.45, 7) is 0.509. The quantitative estimate of drug-likeness (QED) is 0.297. The summed E-state index contributed by atoms with van der Waals surface area (Å²) < 4.78 is 15.0. The van der Waals surface area contributed by atoms with Crippen LogP contribution in [0.5, 0.6) is 0 Å². The normalized spacial score (nSPS) is 16.8. The molecule has 0 saturated carbocycles. The van der Waals surface area contributed by atoms with E-state index in [4.69, 9.17) is 5.11 Å². The molecule has 0 aliphatic carbocycles. The molecular weight excluding hydrogens is 487 g/mol. The van der Waals surface area contributed by atoms with Crippen LogP contribution in [0.1, 0.15) is 28.9 Å². The number of thiazole rings is 1. The Morgan fingerprint density at radius 1 is 1.29 bits per heavy atom. The minimum absolute atomic E-state index is 0.0293. The molecule has 1 amide bonds. The molecule has 0 radical (unpaired) electrons. The topological polar surface area (TPSA) is 90.7 Å². The minimum atomic E-state index is -1.05. The zero-order valence-corrected chi connectivity index (χ0v) is 20.5. The van der Waals surface area contributed by atoms with Gasteiger partial charge in [-0.25, -0.2) is 14.2 Å². The van der Waals surface area contributed by atoms with Gasteiger partial charge < -0.3 is 15.1 Å². The summed E-state index contributed by atoms with van der Waals surface area (Å²) in [4.78, 5) is 29.1. The van der Waals surface area contributed by atoms with Gasteiger partial charge in [-0.2, -0.15) is 0 Å². The third-order valence-electron chi connectivity index (χ3n) is 5.75. The summed E-state index contributed by atoms with van der Waals surface area (Å²) >= 11 is 2.70. The van der Waals surface area contributed by atoms with E-state index in [1.807, 2.05) is 36.4 Å². The second-order valence-electron chi connectivity index (χ2n) is 8.18. The Kier molecular flexibility index (Phi) is 8.33. The molecule has 1 fully saturated rings. The fourth-order valence-electron chi connectivity index (χ4n) is 4.00. The van der Waals surface area contributed by atoms with E-state index in [2.05, 4.69) is 4.98 Å². The van der Waals surface area contributed by atoms with Gasteiger partial charge in [-0.05, 0) is 29.7 Å². The number of amides is 1. The van der Waals surface area contributed by atoms with Crippen LogP contribution in [0.25, 0.3) is 11.1 Å². The number of carbonyl (C=O) groups excluding carboxylic acids is 1. The lowest BCUT2D eigenvalue weighted by atomic mass is 9.99. The highest BCUT2D eigenvalue weighted by Crippen LogP contribution is 2.26. The smallest absolute Gasteiger partial charge is 0.355 e. The molecule has 6 nitrogen and oxygen atoms in total. The number of carboxylic acids is 1. The first kappa shape index (κ1) is 25.1. The average Bonchev–Trinajstić information content (AvgIpc) is 3.47. The lowest BCUT2D eigenvalue weighted by Crippen LogP contribution is -2.33. The summed E-state index contributed by atoms with van der Waals surface area (Å²) in [5, 5.41) is 21.1. The number of carbonyl (C=O) groups is 2. The second kappa shape index (κ2) is 11.6. The van der Waals surface area contributed by atoms with Crippen LogP contribution < -0.4 is 0 Å². The van der Waals surface area contributed by atoms with E-state index >= 15 is 0 Å². The molecule has 2 heterocycles. The van der Waals surface area contributed by atoms with Gasteiger partial charge in [0.05, 0.1) is 12.1 Å². The average molecular weight is 513 g/mol. The Morgan fingerprint density at radius 2 is 2.09 bits per heavy atom. The Hall–Kier alpha value is -3.01. The molecule has 1 saturated heterocycles. The van der Waals surface area contributed by atoms with Crippen molar-refractivity contribution in [2.24, 2.45) is 0 Å². The molecule has 0 spiro atoms. The van der Waals surface area contributed by atoms with E-state index in [1.54, 1.807) is 23.1 Å². The second-order valence-corrected chi connectivity index (χ2v) is 10.4. The summed E-state index contributed by atoms with van der Waals surface area (Å²) in [7, 11) is 0. The minimum Gasteiger partial charge on any atom is -0.476 e. The van der Waals surface area contributed by atoms with Gasteiger partial charge in [0.2, 0.25) is 5.91 Å². The first-order valence-corrected chi connectivity index (χ1v) is 13.1. The number of halogens is 1. The molecule has 3 aromatic rings. The molecule has 0 unspecified atom stereocenters. The fraction of sp³-hybridized carbons (Fsp3) is 0.269. The zero-order chi connectivity index (χ0) is 24.8. The predicted molar refractivity (Wildman–Crippen MR) is 135 cm³/mol. The van der Waals surface area contributed by atoms with Crippen molar-refractivity contribution >= 4 is 35.0 Å². The van der Waals surface area contributed by atoms with Crippen molar-refractivity contribution in [2.45, 2.75) is 35.7 Å². The van der Waals surface area contributed by atoms with Crippen molar-refractivity contribution in [3.63, 3.8) is 0 Å². The third-order valence-corrected chi connectivity index (χ3v) is 7.75. The Morgan fingerprint density at radius 3 is 2.83 bits per heavy atom. The molecule has 2 atom stereocenters. The van der Waals surface area contributed by atoms with Crippen LogP contribution in [-0.2, 0) is 11.2 Å². The molecule has 182 valence electrons. The number of aromatic carboxylic acids is 1. The van der Waals surface area contributed by atoms with Crippen LogP contribution in [0.15, 0.2) is 70.4 Å². The number of hydrogen-bond acceptors (Lipinski definition) is 6. The van der Waals surface area contributed by atoms with Gasteiger partial charge >= 0.3 is 5.97 Å². The van der Waals surface area contributed by atoms with Crippen LogP contribution in [0.2, 0.25) is 0 Å². The van der Waals surface area contributed by atoms with Crippen molar-refractivity contribution in [1.29, 1.82) is 0 Å². The number of aliphatic hydroxyl groups is 1. The monoisotopic (exact) mass is 512 g/mol. The highest BCUT2D eigenvalue weighted by atomic mass is 32.2. The maximum Gasteiger partial charge on any atom is 0.355 e. The zero-order valence-electron chi connectivity index (χ0n) is 18.8. The van der Waals surface area contributed by atoms with Crippen molar-refractivity contribution in [3.05, 3.63) is 83.1 Å². The van der Waals surface area contributed by atoms with E-state index in [0.717, 1.165) is 11.1 Å². The first-order chi connectivity index (χ1) is 16.9. The summed E-state index contributed by atoms with van der Waals surface area (Å²) in [5.74, 6) is -0.696. The van der Waals surface area contributed by atoms with Crippen LogP contribution in [0.3, 0.4) is 0 Å². The third kappa shape index (κ3) is 6.56. The van der Waals surface area contributed by atoms with Crippen LogP contribution in [-0.4, -0.2) is 56.4 Å². The Labute approximate surface area is 211 Å². The van der Waals surface area contributed by atoms with Gasteiger partial charge in [0.15, 0.2) is 10.0 Å². The highest BCUT2D eigenvalue weighted by molar-refractivity contribution is 8.01. The molecule has 1 aliphatic rings. The van der Waals surface area contributed by atoms with Crippen molar-refractivity contribution in [2.75, 3.05) is 12.3 Å². The molecule has 9 heteroatoms. The van der Waals surface area contributed by atoms with Gasteiger partial charge in [-0.15, -0.1) is 11.3 Å². The predicted octanol–water partition coefficient (Wildman–Crippen LogP) is 4.89. The van der Waals surface area contributed by atoms with Crippen LogP contribution in [0, 0.1) is 5.82 Å². The molecule has 35 heavy (non-hydrogen) atoms. The number of thioether (sulfide) groups is 1. The molecule has 1 aromatic heterocycles. The molecule has 2 aromatic carbocycles. The summed E-state index contributed by atoms with van der Waals surface area (Å²) in [6.07, 6.45) is 4.28. The molecule has 2 N–H and O–H groups in total. The van der Waals surface area contributed by atoms with E-state index < -0.39 is 12.1 Å². The lowest BCUT2D eigenvalue weighted by molar-refractivity contribution is -0.128. The van der Waals surface area contributed by atoms with Gasteiger partial charge in [0.1, 0.15) is 5.82 Å². The number of rotatable bonds is 10. The number of nitrogens with zero attached hydrogens (tertiary/aromatic N) is 2. The van der Waals surface area contributed by atoms with Crippen molar-refractivity contribution in [3.8, 4) is 11.1 Å². The maximum absolute atomic E-state index is 14.3. The molecular formula is C26H25FN2O4S2. The highest BCUT2D eigenvalue weighted by Gasteiger charge is 2.28. The van der Waals surface area contributed by atoms with Crippen LogP contribution in [0.4, 0.5) is 4.39 Å². The SMILES string of the molecule is O=C(O)c1csc(SCCN2C(=O)CC[C@@H]2/C=C/[C@@H](O)Cc2ccc(F)c(-c3ccccc3)c2)n1. The summed E-state index contributed by atoms with van der Waals surface area (Å²) in [5.41, 5.74) is 2.13. The van der Waals surface area contributed by atoms with Gasteiger partial charge in [0.25, 0.3) is 0 Å². The van der Waals surface area contributed by atoms with Gasteiger partial charge in [-0.1, -0.05) is 60.3 Å². The number of hydrogen-bond donors (Lipinski definition) is 2. The Balaban J connectivity index is 1.33. The van der Waals surface area contributed by atoms with E-state index in [-0.39, 0.29) is 23.5 Å². The molecule has 1 aliphatic heterocycles.